The van der Waals surface area contributed by atoms with E-state index in [0.717, 1.165) is 4.31 Å². The van der Waals surface area contributed by atoms with Crippen LogP contribution in [0, 0.1) is 0 Å². The van der Waals surface area contributed by atoms with E-state index in [-0.39, 0.29) is 30.4 Å². The van der Waals surface area contributed by atoms with Crippen LogP contribution in [0.25, 0.3) is 0 Å². The number of hydrogen-bond acceptors (Lipinski definition) is 4. The first-order valence-electron chi connectivity index (χ1n) is 6.88. The molecule has 118 valence electrons. The molecule has 1 aromatic heterocycles. The van der Waals surface area contributed by atoms with E-state index in [1.54, 1.807) is 37.3 Å². The molecule has 2 rings (SSSR count). The molecule has 0 saturated heterocycles. The monoisotopic (exact) mass is 322 g/mol. The molecule has 0 radical (unpaired) electrons. The maximum Gasteiger partial charge on any atom is 0.243 e. The molecule has 1 amide bonds. The normalized spacial score (nSPS) is 11.5. The molecular formula is C15H18N2O4S. The Morgan fingerprint density at radius 1 is 1.18 bits per heavy atom. The highest BCUT2D eigenvalue weighted by Crippen LogP contribution is 2.14. The lowest BCUT2D eigenvalue weighted by molar-refractivity contribution is -0.121. The highest BCUT2D eigenvalue weighted by Gasteiger charge is 2.24. The molecule has 6 nitrogen and oxygen atoms in total. The second-order valence-electron chi connectivity index (χ2n) is 4.60. The summed E-state index contributed by atoms with van der Waals surface area (Å²) in [6.07, 6.45) is 1.51. The highest BCUT2D eigenvalue weighted by atomic mass is 32.2. The third-order valence-electron chi connectivity index (χ3n) is 3.09. The number of hydrogen-bond donors (Lipinski definition) is 1. The average molecular weight is 322 g/mol. The summed E-state index contributed by atoms with van der Waals surface area (Å²) in [4.78, 5) is 12.1. The number of sulfonamides is 1. The van der Waals surface area contributed by atoms with E-state index >= 15 is 0 Å². The Morgan fingerprint density at radius 3 is 2.50 bits per heavy atom. The Morgan fingerprint density at radius 2 is 1.91 bits per heavy atom. The summed E-state index contributed by atoms with van der Waals surface area (Å²) in [5.41, 5.74) is 0. The molecule has 0 fully saturated rings. The third-order valence-corrected chi connectivity index (χ3v) is 5.03. The minimum absolute atomic E-state index is 0.177. The molecule has 0 atom stereocenters. The Balaban J connectivity index is 2.01. The van der Waals surface area contributed by atoms with Crippen LogP contribution in [0.1, 0.15) is 12.7 Å². The third kappa shape index (κ3) is 3.96. The van der Waals surface area contributed by atoms with E-state index in [4.69, 9.17) is 4.42 Å². The van der Waals surface area contributed by atoms with E-state index < -0.39 is 10.0 Å². The number of nitrogens with one attached hydrogen (secondary N) is 1. The van der Waals surface area contributed by atoms with Crippen LogP contribution in [0.5, 0.6) is 0 Å². The lowest BCUT2D eigenvalue weighted by Crippen LogP contribution is -2.40. The number of carbonyl (C=O) groups excluding carboxylic acids is 1. The van der Waals surface area contributed by atoms with Crippen molar-refractivity contribution >= 4 is 15.9 Å². The van der Waals surface area contributed by atoms with E-state index in [1.165, 1.54) is 18.4 Å². The fourth-order valence-corrected chi connectivity index (χ4v) is 3.35. The molecule has 0 aliphatic heterocycles. The first kappa shape index (κ1) is 16.3. The molecule has 7 heteroatoms. The second kappa shape index (κ2) is 7.24. The Bertz CT molecular complexity index is 696. The van der Waals surface area contributed by atoms with Crippen LogP contribution >= 0.6 is 0 Å². The minimum atomic E-state index is -3.67. The minimum Gasteiger partial charge on any atom is -0.467 e. The lowest BCUT2D eigenvalue weighted by Gasteiger charge is -2.19. The molecule has 22 heavy (non-hydrogen) atoms. The van der Waals surface area contributed by atoms with Crippen molar-refractivity contribution in [1.82, 2.24) is 9.62 Å². The first-order chi connectivity index (χ1) is 10.5. The quantitative estimate of drug-likeness (QED) is 0.840. The zero-order chi connectivity index (χ0) is 16.0. The van der Waals surface area contributed by atoms with Crippen molar-refractivity contribution in [3.63, 3.8) is 0 Å². The summed E-state index contributed by atoms with van der Waals surface area (Å²) in [5, 5.41) is 2.63. The van der Waals surface area contributed by atoms with Gasteiger partial charge in [-0.25, -0.2) is 8.42 Å². The number of furan rings is 1. The molecule has 0 aliphatic rings. The van der Waals surface area contributed by atoms with Gasteiger partial charge in [0.05, 0.1) is 24.2 Å². The largest absolute Gasteiger partial charge is 0.467 e. The van der Waals surface area contributed by atoms with E-state index in [2.05, 4.69) is 5.32 Å². The van der Waals surface area contributed by atoms with Gasteiger partial charge in [0, 0.05) is 6.54 Å². The van der Waals surface area contributed by atoms with Gasteiger partial charge < -0.3 is 9.73 Å². The van der Waals surface area contributed by atoms with Crippen LogP contribution in [0.4, 0.5) is 0 Å². The van der Waals surface area contributed by atoms with Crippen LogP contribution in [0.3, 0.4) is 0 Å². The van der Waals surface area contributed by atoms with Gasteiger partial charge in [0.2, 0.25) is 15.9 Å². The number of benzene rings is 1. The number of likely N-dealkylation sites (N-methyl/N-ethyl adjacent to an activating group) is 1. The molecule has 0 saturated carbocycles. The molecule has 2 aromatic rings. The van der Waals surface area contributed by atoms with Crippen LogP contribution in [-0.4, -0.2) is 31.7 Å². The van der Waals surface area contributed by atoms with Gasteiger partial charge >= 0.3 is 0 Å². The van der Waals surface area contributed by atoms with Gasteiger partial charge in [-0.1, -0.05) is 25.1 Å². The van der Waals surface area contributed by atoms with E-state index in [1.807, 2.05) is 0 Å². The van der Waals surface area contributed by atoms with Crippen molar-refractivity contribution in [3.8, 4) is 0 Å². The van der Waals surface area contributed by atoms with Crippen molar-refractivity contribution < 1.29 is 17.6 Å². The first-order valence-corrected chi connectivity index (χ1v) is 8.32. The molecule has 1 aromatic carbocycles. The molecule has 0 unspecified atom stereocenters. The number of nitrogens with zero attached hydrogens (tertiary/aromatic N) is 1. The zero-order valence-corrected chi connectivity index (χ0v) is 13.0. The van der Waals surface area contributed by atoms with E-state index in [9.17, 15) is 13.2 Å². The summed E-state index contributed by atoms with van der Waals surface area (Å²) in [6, 6.07) is 11.5. The summed E-state index contributed by atoms with van der Waals surface area (Å²) < 4.78 is 31.2. The highest BCUT2D eigenvalue weighted by molar-refractivity contribution is 7.89. The zero-order valence-electron chi connectivity index (χ0n) is 12.2. The van der Waals surface area contributed by atoms with Crippen LogP contribution in [0.15, 0.2) is 58.0 Å². The van der Waals surface area contributed by atoms with Crippen molar-refractivity contribution in [2.24, 2.45) is 0 Å². The smallest absolute Gasteiger partial charge is 0.243 e. The fourth-order valence-electron chi connectivity index (χ4n) is 1.92. The van der Waals surface area contributed by atoms with Crippen LogP contribution in [-0.2, 0) is 21.4 Å². The van der Waals surface area contributed by atoms with Gasteiger partial charge in [0.15, 0.2) is 0 Å². The molecule has 1 N–H and O–H groups in total. The van der Waals surface area contributed by atoms with Crippen molar-refractivity contribution in [3.05, 3.63) is 54.5 Å². The summed E-state index contributed by atoms with van der Waals surface area (Å²) in [5.74, 6) is 0.236. The molecule has 0 bridgehead atoms. The van der Waals surface area contributed by atoms with Gasteiger partial charge in [0.1, 0.15) is 5.76 Å². The molecule has 0 spiro atoms. The molecular weight excluding hydrogens is 304 g/mol. The standard InChI is InChI=1S/C15H18N2O4S/c1-2-17(22(19,20)14-8-4-3-5-9-14)12-15(18)16-11-13-7-6-10-21-13/h3-10H,2,11-12H2,1H3,(H,16,18). The maximum absolute atomic E-state index is 12.5. The average Bonchev–Trinajstić information content (AvgIpc) is 3.04. The fraction of sp³-hybridized carbons (Fsp3) is 0.267. The number of amides is 1. The summed E-state index contributed by atoms with van der Waals surface area (Å²) in [6.45, 7) is 1.91. The van der Waals surface area contributed by atoms with Gasteiger partial charge in [-0.3, -0.25) is 4.79 Å². The van der Waals surface area contributed by atoms with Crippen LogP contribution in [0.2, 0.25) is 0 Å². The second-order valence-corrected chi connectivity index (χ2v) is 6.54. The van der Waals surface area contributed by atoms with Crippen molar-refractivity contribution in [1.29, 1.82) is 0 Å². The van der Waals surface area contributed by atoms with Crippen LogP contribution < -0.4 is 5.32 Å². The number of rotatable bonds is 7. The topological polar surface area (TPSA) is 79.6 Å². The summed E-state index contributed by atoms with van der Waals surface area (Å²) in [7, 11) is -3.67. The maximum atomic E-state index is 12.5. The van der Waals surface area contributed by atoms with Crippen molar-refractivity contribution in [2.75, 3.05) is 13.1 Å². The van der Waals surface area contributed by atoms with Gasteiger partial charge in [0.25, 0.3) is 0 Å². The van der Waals surface area contributed by atoms with Crippen molar-refractivity contribution in [2.45, 2.75) is 18.4 Å². The Kier molecular flexibility index (Phi) is 5.35. The predicted molar refractivity (Wildman–Crippen MR) is 81.4 cm³/mol. The predicted octanol–water partition coefficient (Wildman–Crippen LogP) is 1.61. The summed E-state index contributed by atoms with van der Waals surface area (Å²) >= 11 is 0. The Labute approximate surface area is 129 Å². The van der Waals surface area contributed by atoms with Gasteiger partial charge in [-0.05, 0) is 24.3 Å². The van der Waals surface area contributed by atoms with Gasteiger partial charge in [-0.15, -0.1) is 0 Å². The molecule has 1 heterocycles. The number of carbonyl (C=O) groups is 1. The van der Waals surface area contributed by atoms with Gasteiger partial charge in [-0.2, -0.15) is 4.31 Å². The lowest BCUT2D eigenvalue weighted by atomic mass is 10.4. The SMILES string of the molecule is CCN(CC(=O)NCc1ccco1)S(=O)(=O)c1ccccc1. The Hall–Kier alpha value is -2.12. The molecule has 0 aliphatic carbocycles. The van der Waals surface area contributed by atoms with E-state index in [0.29, 0.717) is 5.76 Å².